The molecule has 7 heteroatoms. The Morgan fingerprint density at radius 3 is 2.57 bits per heavy atom. The summed E-state index contributed by atoms with van der Waals surface area (Å²) >= 11 is 11.5. The minimum absolute atomic E-state index is 0.107. The summed E-state index contributed by atoms with van der Waals surface area (Å²) in [5.74, 6) is 0.579. The van der Waals surface area contributed by atoms with E-state index >= 15 is 0 Å². The van der Waals surface area contributed by atoms with Crippen LogP contribution >= 0.6 is 23.2 Å². The smallest absolute Gasteiger partial charge is 0.245 e. The van der Waals surface area contributed by atoms with E-state index in [-0.39, 0.29) is 10.4 Å². The van der Waals surface area contributed by atoms with Gasteiger partial charge in [-0.1, -0.05) is 11.6 Å². The molecular formula is C7H8Cl2N4O. The highest BCUT2D eigenvalue weighted by molar-refractivity contribution is 6.32. The molecule has 1 aliphatic rings. The van der Waals surface area contributed by atoms with Crippen molar-refractivity contribution >= 4 is 29.0 Å². The van der Waals surface area contributed by atoms with Crippen LogP contribution < -0.4 is 4.90 Å². The molecule has 1 aromatic heterocycles. The van der Waals surface area contributed by atoms with Crippen molar-refractivity contribution < 1.29 is 4.74 Å². The summed E-state index contributed by atoms with van der Waals surface area (Å²) in [6.07, 6.45) is 0. The molecule has 0 bridgehead atoms. The summed E-state index contributed by atoms with van der Waals surface area (Å²) in [5, 5.41) is 7.62. The predicted molar refractivity (Wildman–Crippen MR) is 52.9 cm³/mol. The molecule has 76 valence electrons. The minimum atomic E-state index is 0.107. The molecule has 0 N–H and O–H groups in total. The predicted octanol–water partition coefficient (Wildman–Crippen LogP) is 1.01. The SMILES string of the molecule is Clc1nnc(Cl)c(N2CCOCC2)n1. The Morgan fingerprint density at radius 1 is 1.14 bits per heavy atom. The molecule has 0 aliphatic carbocycles. The van der Waals surface area contributed by atoms with Gasteiger partial charge in [0.05, 0.1) is 13.2 Å². The van der Waals surface area contributed by atoms with Crippen molar-refractivity contribution in [3.63, 3.8) is 0 Å². The Hall–Kier alpha value is -0.650. The molecule has 2 rings (SSSR count). The van der Waals surface area contributed by atoms with E-state index in [2.05, 4.69) is 15.2 Å². The lowest BCUT2D eigenvalue weighted by Crippen LogP contribution is -2.37. The fraction of sp³-hybridized carbons (Fsp3) is 0.571. The van der Waals surface area contributed by atoms with Crippen LogP contribution in [-0.2, 0) is 4.74 Å². The topological polar surface area (TPSA) is 51.1 Å². The first-order valence-corrected chi connectivity index (χ1v) is 4.91. The molecule has 0 unspecified atom stereocenters. The summed E-state index contributed by atoms with van der Waals surface area (Å²) in [7, 11) is 0. The number of rotatable bonds is 1. The maximum absolute atomic E-state index is 5.85. The first-order chi connectivity index (χ1) is 6.77. The first kappa shape index (κ1) is 9.89. The molecule has 1 aromatic rings. The van der Waals surface area contributed by atoms with E-state index in [4.69, 9.17) is 27.9 Å². The average molecular weight is 235 g/mol. The fourth-order valence-electron chi connectivity index (χ4n) is 1.26. The van der Waals surface area contributed by atoms with Gasteiger partial charge in [0.15, 0.2) is 11.0 Å². The molecule has 0 aromatic carbocycles. The van der Waals surface area contributed by atoms with E-state index in [0.717, 1.165) is 13.1 Å². The zero-order chi connectivity index (χ0) is 9.97. The lowest BCUT2D eigenvalue weighted by molar-refractivity contribution is 0.122. The second-order valence-corrected chi connectivity index (χ2v) is 3.49. The van der Waals surface area contributed by atoms with Gasteiger partial charge in [-0.15, -0.1) is 10.2 Å². The first-order valence-electron chi connectivity index (χ1n) is 4.16. The highest BCUT2D eigenvalue weighted by Gasteiger charge is 2.17. The molecule has 0 amide bonds. The minimum Gasteiger partial charge on any atom is -0.378 e. The van der Waals surface area contributed by atoms with Gasteiger partial charge in [0.25, 0.3) is 0 Å². The van der Waals surface area contributed by atoms with Crippen LogP contribution in [-0.4, -0.2) is 41.5 Å². The molecule has 1 aliphatic heterocycles. The van der Waals surface area contributed by atoms with Gasteiger partial charge in [-0.2, -0.15) is 4.98 Å². The number of nitrogens with zero attached hydrogens (tertiary/aromatic N) is 4. The van der Waals surface area contributed by atoms with Crippen LogP contribution in [0, 0.1) is 0 Å². The Kier molecular flexibility index (Phi) is 3.00. The maximum atomic E-state index is 5.85. The van der Waals surface area contributed by atoms with Crippen LogP contribution in [0.3, 0.4) is 0 Å². The summed E-state index contributed by atoms with van der Waals surface area (Å²) in [5.41, 5.74) is 0. The Bertz CT molecular complexity index is 329. The molecule has 0 saturated carbocycles. The van der Waals surface area contributed by atoms with Crippen LogP contribution in [0.4, 0.5) is 5.82 Å². The summed E-state index contributed by atoms with van der Waals surface area (Å²) in [6, 6.07) is 0. The van der Waals surface area contributed by atoms with Crippen LogP contribution in [0.5, 0.6) is 0 Å². The van der Waals surface area contributed by atoms with Gasteiger partial charge in [-0.05, 0) is 11.6 Å². The Balaban J connectivity index is 2.24. The Labute approximate surface area is 91.0 Å². The van der Waals surface area contributed by atoms with Crippen molar-refractivity contribution in [2.45, 2.75) is 0 Å². The zero-order valence-electron chi connectivity index (χ0n) is 7.28. The van der Waals surface area contributed by atoms with Crippen molar-refractivity contribution in [3.05, 3.63) is 10.4 Å². The third-order valence-corrected chi connectivity index (χ3v) is 2.32. The van der Waals surface area contributed by atoms with Crippen molar-refractivity contribution in [2.24, 2.45) is 0 Å². The third-order valence-electron chi connectivity index (χ3n) is 1.91. The largest absolute Gasteiger partial charge is 0.378 e. The van der Waals surface area contributed by atoms with Crippen LogP contribution in [0.2, 0.25) is 10.4 Å². The molecule has 1 fully saturated rings. The number of ether oxygens (including phenoxy) is 1. The van der Waals surface area contributed by atoms with Gasteiger partial charge in [0.2, 0.25) is 5.28 Å². The monoisotopic (exact) mass is 234 g/mol. The fourth-order valence-corrected chi connectivity index (χ4v) is 1.58. The molecule has 14 heavy (non-hydrogen) atoms. The lowest BCUT2D eigenvalue weighted by atomic mass is 10.4. The van der Waals surface area contributed by atoms with E-state index in [9.17, 15) is 0 Å². The van der Waals surface area contributed by atoms with Crippen LogP contribution in [0.25, 0.3) is 0 Å². The summed E-state index contributed by atoms with van der Waals surface area (Å²) < 4.78 is 5.21. The normalized spacial score (nSPS) is 17.1. The Morgan fingerprint density at radius 2 is 1.86 bits per heavy atom. The van der Waals surface area contributed by atoms with E-state index in [1.807, 2.05) is 4.90 Å². The standard InChI is InChI=1S/C7H8Cl2N4O/c8-5-6(10-7(9)12-11-5)13-1-3-14-4-2-13/h1-4H2. The molecule has 0 radical (unpaired) electrons. The number of morpholine rings is 1. The summed E-state index contributed by atoms with van der Waals surface area (Å²) in [4.78, 5) is 6.01. The molecular weight excluding hydrogens is 227 g/mol. The molecule has 0 atom stereocenters. The van der Waals surface area contributed by atoms with Crippen molar-refractivity contribution in [1.82, 2.24) is 15.2 Å². The van der Waals surface area contributed by atoms with Gasteiger partial charge >= 0.3 is 0 Å². The number of hydrogen-bond acceptors (Lipinski definition) is 5. The van der Waals surface area contributed by atoms with Gasteiger partial charge in [-0.3, -0.25) is 0 Å². The molecule has 1 saturated heterocycles. The number of aromatic nitrogens is 3. The number of halogens is 2. The van der Waals surface area contributed by atoms with Crippen molar-refractivity contribution in [1.29, 1.82) is 0 Å². The van der Waals surface area contributed by atoms with Gasteiger partial charge in [-0.25, -0.2) is 0 Å². The second kappa shape index (κ2) is 4.25. The molecule has 5 nitrogen and oxygen atoms in total. The van der Waals surface area contributed by atoms with Gasteiger partial charge in [0, 0.05) is 13.1 Å². The summed E-state index contributed by atoms with van der Waals surface area (Å²) in [6.45, 7) is 2.82. The van der Waals surface area contributed by atoms with Crippen LogP contribution in [0.1, 0.15) is 0 Å². The van der Waals surface area contributed by atoms with E-state index in [1.54, 1.807) is 0 Å². The molecule has 0 spiro atoms. The highest BCUT2D eigenvalue weighted by Crippen LogP contribution is 2.21. The van der Waals surface area contributed by atoms with Crippen LogP contribution in [0.15, 0.2) is 0 Å². The van der Waals surface area contributed by atoms with Gasteiger partial charge < -0.3 is 9.64 Å². The molecule has 2 heterocycles. The zero-order valence-corrected chi connectivity index (χ0v) is 8.79. The highest BCUT2D eigenvalue weighted by atomic mass is 35.5. The average Bonchev–Trinajstić information content (AvgIpc) is 2.23. The maximum Gasteiger partial charge on any atom is 0.245 e. The van der Waals surface area contributed by atoms with Gasteiger partial charge in [0.1, 0.15) is 0 Å². The third kappa shape index (κ3) is 2.05. The quantitative estimate of drug-likeness (QED) is 0.727. The van der Waals surface area contributed by atoms with Crippen molar-refractivity contribution in [2.75, 3.05) is 31.2 Å². The van der Waals surface area contributed by atoms with E-state index in [1.165, 1.54) is 0 Å². The lowest BCUT2D eigenvalue weighted by Gasteiger charge is -2.27. The number of anilines is 1. The van der Waals surface area contributed by atoms with Crippen molar-refractivity contribution in [3.8, 4) is 0 Å². The second-order valence-electron chi connectivity index (χ2n) is 2.79. The number of hydrogen-bond donors (Lipinski definition) is 0. The van der Waals surface area contributed by atoms with E-state index < -0.39 is 0 Å². The van der Waals surface area contributed by atoms with E-state index in [0.29, 0.717) is 19.0 Å².